The van der Waals surface area contributed by atoms with Crippen molar-refractivity contribution in [2.45, 2.75) is 0 Å². The Kier molecular flexibility index (Phi) is 3.53. The molecule has 0 amide bonds. The minimum absolute atomic E-state index is 0.0415. The van der Waals surface area contributed by atoms with Crippen LogP contribution < -0.4 is 5.73 Å². The predicted octanol–water partition coefficient (Wildman–Crippen LogP) is 3.09. The van der Waals surface area contributed by atoms with Crippen molar-refractivity contribution < 1.29 is 9.90 Å². The van der Waals surface area contributed by atoms with E-state index in [1.165, 1.54) is 0 Å². The quantitative estimate of drug-likeness (QED) is 0.774. The molecule has 2 aromatic carbocycles. The van der Waals surface area contributed by atoms with E-state index in [0.717, 1.165) is 5.56 Å². The molecule has 0 aliphatic carbocycles. The van der Waals surface area contributed by atoms with Crippen molar-refractivity contribution in [1.82, 2.24) is 9.97 Å². The fourth-order valence-electron chi connectivity index (χ4n) is 2.21. The molecule has 0 saturated heterocycles. The number of carboxylic acids is 1. The Bertz CT molecular complexity index is 818. The number of nitrogens with zero attached hydrogens (tertiary/aromatic N) is 2. The highest BCUT2D eigenvalue weighted by Gasteiger charge is 2.20. The van der Waals surface area contributed by atoms with E-state index in [2.05, 4.69) is 9.97 Å². The van der Waals surface area contributed by atoms with Crippen LogP contribution in [0.4, 0.5) is 5.82 Å². The summed E-state index contributed by atoms with van der Waals surface area (Å²) >= 11 is 0. The van der Waals surface area contributed by atoms with Crippen molar-refractivity contribution >= 4 is 11.8 Å². The Balaban J connectivity index is 2.26. The van der Waals surface area contributed by atoms with Crippen LogP contribution in [0, 0.1) is 0 Å². The molecule has 5 heteroatoms. The van der Waals surface area contributed by atoms with Gasteiger partial charge in [0.15, 0.2) is 5.82 Å². The molecule has 1 aromatic heterocycles. The number of aromatic nitrogens is 2. The normalized spacial score (nSPS) is 10.4. The van der Waals surface area contributed by atoms with E-state index in [9.17, 15) is 9.90 Å². The standard InChI is InChI=1S/C17H13N3O2/c18-15-13(17(21)22)14(11-7-3-1-4-8-11)19-16(20-15)12-9-5-2-6-10-12/h1-10H,(H,21,22)(H2,18,19,20). The van der Waals surface area contributed by atoms with Crippen molar-refractivity contribution in [3.63, 3.8) is 0 Å². The van der Waals surface area contributed by atoms with E-state index in [1.807, 2.05) is 48.5 Å². The van der Waals surface area contributed by atoms with Crippen molar-refractivity contribution in [1.29, 1.82) is 0 Å². The highest BCUT2D eigenvalue weighted by atomic mass is 16.4. The number of hydrogen-bond acceptors (Lipinski definition) is 4. The lowest BCUT2D eigenvalue weighted by Gasteiger charge is -2.10. The zero-order chi connectivity index (χ0) is 15.5. The first-order valence-corrected chi connectivity index (χ1v) is 6.68. The maximum absolute atomic E-state index is 11.5. The van der Waals surface area contributed by atoms with Gasteiger partial charge in [0.25, 0.3) is 0 Å². The molecule has 3 N–H and O–H groups in total. The van der Waals surface area contributed by atoms with Gasteiger partial charge in [0.05, 0.1) is 5.69 Å². The third-order valence-electron chi connectivity index (χ3n) is 3.23. The zero-order valence-corrected chi connectivity index (χ0v) is 11.6. The molecule has 0 fully saturated rings. The Morgan fingerprint density at radius 2 is 1.41 bits per heavy atom. The second-order valence-corrected chi connectivity index (χ2v) is 4.69. The number of aromatic carboxylic acids is 1. The van der Waals surface area contributed by atoms with Crippen molar-refractivity contribution in [3.05, 3.63) is 66.2 Å². The van der Waals surface area contributed by atoms with Gasteiger partial charge in [-0.05, 0) is 0 Å². The summed E-state index contributed by atoms with van der Waals surface area (Å²) < 4.78 is 0. The van der Waals surface area contributed by atoms with Crippen molar-refractivity contribution in [2.24, 2.45) is 0 Å². The molecule has 0 bridgehead atoms. The van der Waals surface area contributed by atoms with Gasteiger partial charge in [-0.15, -0.1) is 0 Å². The summed E-state index contributed by atoms with van der Waals surface area (Å²) in [5.74, 6) is -0.780. The van der Waals surface area contributed by atoms with Crippen LogP contribution in [0.15, 0.2) is 60.7 Å². The number of rotatable bonds is 3. The third-order valence-corrected chi connectivity index (χ3v) is 3.23. The summed E-state index contributed by atoms with van der Waals surface area (Å²) in [7, 11) is 0. The van der Waals surface area contributed by atoms with Crippen LogP contribution in [-0.4, -0.2) is 21.0 Å². The van der Waals surface area contributed by atoms with Crippen LogP contribution >= 0.6 is 0 Å². The lowest BCUT2D eigenvalue weighted by Crippen LogP contribution is -2.10. The van der Waals surface area contributed by atoms with E-state index in [1.54, 1.807) is 12.1 Å². The molecule has 3 aromatic rings. The molecule has 1 heterocycles. The number of nitrogen functional groups attached to an aromatic ring is 1. The molecular weight excluding hydrogens is 278 g/mol. The highest BCUT2D eigenvalue weighted by molar-refractivity contribution is 5.99. The largest absolute Gasteiger partial charge is 0.477 e. The highest BCUT2D eigenvalue weighted by Crippen LogP contribution is 2.28. The molecule has 108 valence electrons. The van der Waals surface area contributed by atoms with Gasteiger partial charge >= 0.3 is 5.97 Å². The fraction of sp³-hybridized carbons (Fsp3) is 0. The summed E-state index contributed by atoms with van der Waals surface area (Å²) in [6.45, 7) is 0. The van der Waals surface area contributed by atoms with Gasteiger partial charge in [-0.1, -0.05) is 60.7 Å². The Hall–Kier alpha value is -3.21. The molecule has 22 heavy (non-hydrogen) atoms. The number of anilines is 1. The Morgan fingerprint density at radius 3 is 1.95 bits per heavy atom. The summed E-state index contributed by atoms with van der Waals surface area (Å²) in [5.41, 5.74) is 7.57. The smallest absolute Gasteiger partial charge is 0.341 e. The molecule has 0 aliphatic heterocycles. The molecular formula is C17H13N3O2. The topological polar surface area (TPSA) is 89.1 Å². The van der Waals surface area contributed by atoms with Crippen LogP contribution in [0.2, 0.25) is 0 Å². The SMILES string of the molecule is Nc1nc(-c2ccccc2)nc(-c2ccccc2)c1C(=O)O. The lowest BCUT2D eigenvalue weighted by atomic mass is 10.1. The number of nitrogens with two attached hydrogens (primary N) is 1. The lowest BCUT2D eigenvalue weighted by molar-refractivity contribution is 0.0698. The average Bonchev–Trinajstić information content (AvgIpc) is 2.55. The molecule has 0 unspecified atom stereocenters. The first kappa shape index (κ1) is 13.8. The fourth-order valence-corrected chi connectivity index (χ4v) is 2.21. The molecule has 3 rings (SSSR count). The second kappa shape index (κ2) is 5.65. The van der Waals surface area contributed by atoms with Gasteiger partial charge in [-0.25, -0.2) is 14.8 Å². The maximum Gasteiger partial charge on any atom is 0.341 e. The number of carboxylic acid groups (broad SMARTS) is 1. The van der Waals surface area contributed by atoms with Gasteiger partial charge in [0.1, 0.15) is 11.4 Å². The Morgan fingerprint density at radius 1 is 0.864 bits per heavy atom. The van der Waals surface area contributed by atoms with Gasteiger partial charge in [0.2, 0.25) is 0 Å². The molecule has 0 aliphatic rings. The summed E-state index contributed by atoms with van der Waals surface area (Å²) in [4.78, 5) is 20.1. The first-order valence-electron chi connectivity index (χ1n) is 6.68. The van der Waals surface area contributed by atoms with Gasteiger partial charge < -0.3 is 10.8 Å². The van der Waals surface area contributed by atoms with E-state index in [0.29, 0.717) is 17.1 Å². The van der Waals surface area contributed by atoms with Crippen molar-refractivity contribution in [3.8, 4) is 22.6 Å². The molecule has 0 radical (unpaired) electrons. The number of benzene rings is 2. The van der Waals surface area contributed by atoms with E-state index in [4.69, 9.17) is 5.73 Å². The monoisotopic (exact) mass is 291 g/mol. The summed E-state index contributed by atoms with van der Waals surface area (Å²) in [6, 6.07) is 18.4. The van der Waals surface area contributed by atoms with Crippen LogP contribution in [0.1, 0.15) is 10.4 Å². The van der Waals surface area contributed by atoms with Gasteiger partial charge in [0, 0.05) is 11.1 Å². The van der Waals surface area contributed by atoms with Crippen molar-refractivity contribution in [2.75, 3.05) is 5.73 Å². The van der Waals surface area contributed by atoms with E-state index >= 15 is 0 Å². The third kappa shape index (κ3) is 2.52. The number of hydrogen-bond donors (Lipinski definition) is 2. The van der Waals surface area contributed by atoms with Crippen LogP contribution in [0.5, 0.6) is 0 Å². The van der Waals surface area contributed by atoms with Crippen LogP contribution in [0.25, 0.3) is 22.6 Å². The van der Waals surface area contributed by atoms with Gasteiger partial charge in [-0.2, -0.15) is 0 Å². The van der Waals surface area contributed by atoms with Crippen LogP contribution in [-0.2, 0) is 0 Å². The average molecular weight is 291 g/mol. The van der Waals surface area contributed by atoms with Gasteiger partial charge in [-0.3, -0.25) is 0 Å². The minimum Gasteiger partial charge on any atom is -0.477 e. The van der Waals surface area contributed by atoms with E-state index in [-0.39, 0.29) is 11.4 Å². The molecule has 5 nitrogen and oxygen atoms in total. The number of carbonyl (C=O) groups is 1. The molecule has 0 spiro atoms. The maximum atomic E-state index is 11.5. The zero-order valence-electron chi connectivity index (χ0n) is 11.6. The molecule has 0 atom stereocenters. The minimum atomic E-state index is -1.14. The summed E-state index contributed by atoms with van der Waals surface area (Å²) in [6.07, 6.45) is 0. The second-order valence-electron chi connectivity index (χ2n) is 4.69. The Labute approximate surface area is 127 Å². The van der Waals surface area contributed by atoms with E-state index < -0.39 is 5.97 Å². The molecule has 0 saturated carbocycles. The summed E-state index contributed by atoms with van der Waals surface area (Å²) in [5, 5.41) is 9.41. The first-order chi connectivity index (χ1) is 10.7. The predicted molar refractivity (Wildman–Crippen MR) is 84.3 cm³/mol. The van der Waals surface area contributed by atoms with Crippen LogP contribution in [0.3, 0.4) is 0 Å².